The molecule has 2 aromatic rings. The number of nitrogens with one attached hydrogen (secondary N) is 1. The summed E-state index contributed by atoms with van der Waals surface area (Å²) < 4.78 is 10.6. The quantitative estimate of drug-likeness (QED) is 0.811. The van der Waals surface area contributed by atoms with E-state index >= 15 is 0 Å². The molecule has 0 bridgehead atoms. The largest absolute Gasteiger partial charge is 0.491 e. The second kappa shape index (κ2) is 6.64. The third-order valence-electron chi connectivity index (χ3n) is 2.74. The van der Waals surface area contributed by atoms with E-state index in [0.717, 1.165) is 12.2 Å². The molecule has 1 aromatic carbocycles. The zero-order chi connectivity index (χ0) is 13.5. The number of furan rings is 1. The van der Waals surface area contributed by atoms with Crippen molar-refractivity contribution in [1.29, 1.82) is 0 Å². The van der Waals surface area contributed by atoms with Gasteiger partial charge < -0.3 is 14.5 Å². The van der Waals surface area contributed by atoms with Crippen LogP contribution in [-0.2, 0) is 6.42 Å². The molecule has 0 unspecified atom stereocenters. The number of hydrogen-bond acceptors (Lipinski definition) is 3. The summed E-state index contributed by atoms with van der Waals surface area (Å²) in [4.78, 5) is 11.6. The molecule has 0 aliphatic carbocycles. The number of hydrogen-bond donors (Lipinski definition) is 1. The first-order valence-electron chi connectivity index (χ1n) is 6.33. The van der Waals surface area contributed by atoms with Gasteiger partial charge in [0.25, 0.3) is 5.91 Å². The maximum Gasteiger partial charge on any atom is 0.287 e. The summed E-state index contributed by atoms with van der Waals surface area (Å²) in [6, 6.07) is 11.2. The summed E-state index contributed by atoms with van der Waals surface area (Å²) in [6.07, 6.45) is 2.40. The molecule has 0 aliphatic heterocycles. The molecule has 0 atom stereocenters. The second-order valence-corrected chi connectivity index (χ2v) is 4.04. The fourth-order valence-corrected chi connectivity index (χ4v) is 1.76. The summed E-state index contributed by atoms with van der Waals surface area (Å²) in [5.74, 6) is 0.962. The lowest BCUT2D eigenvalue weighted by molar-refractivity contribution is 0.0919. The molecule has 0 radical (unpaired) electrons. The third-order valence-corrected chi connectivity index (χ3v) is 2.74. The average molecular weight is 259 g/mol. The maximum absolute atomic E-state index is 11.6. The van der Waals surface area contributed by atoms with Gasteiger partial charge in [-0.15, -0.1) is 0 Å². The predicted molar refractivity (Wildman–Crippen MR) is 72.4 cm³/mol. The van der Waals surface area contributed by atoms with Crippen molar-refractivity contribution in [3.63, 3.8) is 0 Å². The monoisotopic (exact) mass is 259 g/mol. The van der Waals surface area contributed by atoms with Crippen molar-refractivity contribution < 1.29 is 13.9 Å². The van der Waals surface area contributed by atoms with Gasteiger partial charge in [0.2, 0.25) is 0 Å². The SMILES string of the molecule is CCc1ccccc1OCCNC(=O)c1ccco1. The highest BCUT2D eigenvalue weighted by atomic mass is 16.5. The van der Waals surface area contributed by atoms with Crippen LogP contribution < -0.4 is 10.1 Å². The fraction of sp³-hybridized carbons (Fsp3) is 0.267. The molecule has 1 heterocycles. The molecule has 1 amide bonds. The Hall–Kier alpha value is -2.23. The second-order valence-electron chi connectivity index (χ2n) is 4.04. The Kier molecular flexibility index (Phi) is 4.61. The van der Waals surface area contributed by atoms with E-state index in [-0.39, 0.29) is 5.91 Å². The molecule has 0 aliphatic rings. The van der Waals surface area contributed by atoms with Gasteiger partial charge in [-0.25, -0.2) is 0 Å². The van der Waals surface area contributed by atoms with Crippen molar-refractivity contribution in [2.75, 3.05) is 13.2 Å². The summed E-state index contributed by atoms with van der Waals surface area (Å²) in [5, 5.41) is 2.74. The van der Waals surface area contributed by atoms with E-state index in [1.165, 1.54) is 11.8 Å². The highest BCUT2D eigenvalue weighted by Gasteiger charge is 2.07. The molecule has 0 spiro atoms. The molecule has 4 heteroatoms. The Labute approximate surface area is 112 Å². The molecule has 19 heavy (non-hydrogen) atoms. The van der Waals surface area contributed by atoms with E-state index in [4.69, 9.17) is 9.15 Å². The smallest absolute Gasteiger partial charge is 0.287 e. The number of carbonyl (C=O) groups is 1. The van der Waals surface area contributed by atoms with E-state index < -0.39 is 0 Å². The minimum atomic E-state index is -0.225. The van der Waals surface area contributed by atoms with Crippen LogP contribution in [0.4, 0.5) is 0 Å². The Morgan fingerprint density at radius 1 is 1.26 bits per heavy atom. The predicted octanol–water partition coefficient (Wildman–Crippen LogP) is 2.65. The topological polar surface area (TPSA) is 51.5 Å². The Balaban J connectivity index is 1.76. The van der Waals surface area contributed by atoms with Crippen LogP contribution in [0.15, 0.2) is 47.1 Å². The van der Waals surface area contributed by atoms with Crippen LogP contribution in [0.1, 0.15) is 23.0 Å². The molecule has 2 rings (SSSR count). The number of benzene rings is 1. The minimum Gasteiger partial charge on any atom is -0.491 e. The van der Waals surface area contributed by atoms with Crippen LogP contribution in [-0.4, -0.2) is 19.1 Å². The molecule has 0 saturated heterocycles. The van der Waals surface area contributed by atoms with Gasteiger partial charge in [-0.3, -0.25) is 4.79 Å². The van der Waals surface area contributed by atoms with Crippen LogP contribution >= 0.6 is 0 Å². The van der Waals surface area contributed by atoms with Crippen molar-refractivity contribution in [3.8, 4) is 5.75 Å². The van der Waals surface area contributed by atoms with Gasteiger partial charge in [0, 0.05) is 0 Å². The van der Waals surface area contributed by atoms with E-state index in [0.29, 0.717) is 18.9 Å². The van der Waals surface area contributed by atoms with Crippen molar-refractivity contribution in [2.24, 2.45) is 0 Å². The van der Waals surface area contributed by atoms with Gasteiger partial charge in [-0.05, 0) is 30.2 Å². The summed E-state index contributed by atoms with van der Waals surface area (Å²) in [7, 11) is 0. The number of ether oxygens (including phenoxy) is 1. The molecule has 100 valence electrons. The van der Waals surface area contributed by atoms with Crippen LogP contribution in [0.2, 0.25) is 0 Å². The Morgan fingerprint density at radius 2 is 2.11 bits per heavy atom. The van der Waals surface area contributed by atoms with E-state index in [1.807, 2.05) is 24.3 Å². The Bertz CT molecular complexity index is 520. The van der Waals surface area contributed by atoms with Crippen molar-refractivity contribution in [1.82, 2.24) is 5.32 Å². The van der Waals surface area contributed by atoms with E-state index in [2.05, 4.69) is 12.2 Å². The van der Waals surface area contributed by atoms with Gasteiger partial charge in [-0.2, -0.15) is 0 Å². The lowest BCUT2D eigenvalue weighted by Gasteiger charge is -2.10. The average Bonchev–Trinajstić information content (AvgIpc) is 2.98. The first-order valence-corrected chi connectivity index (χ1v) is 6.33. The van der Waals surface area contributed by atoms with Crippen molar-refractivity contribution >= 4 is 5.91 Å². The zero-order valence-electron chi connectivity index (χ0n) is 10.9. The standard InChI is InChI=1S/C15H17NO3/c1-2-12-6-3-4-7-13(12)19-11-9-16-15(17)14-8-5-10-18-14/h3-8,10H,2,9,11H2,1H3,(H,16,17). The van der Waals surface area contributed by atoms with E-state index in [1.54, 1.807) is 12.1 Å². The molecular weight excluding hydrogens is 242 g/mol. The molecule has 1 aromatic heterocycles. The van der Waals surface area contributed by atoms with Crippen molar-refractivity contribution in [3.05, 3.63) is 54.0 Å². The Morgan fingerprint density at radius 3 is 2.84 bits per heavy atom. The molecule has 1 N–H and O–H groups in total. The van der Waals surface area contributed by atoms with Crippen LogP contribution in [0.5, 0.6) is 5.75 Å². The van der Waals surface area contributed by atoms with Crippen molar-refractivity contribution in [2.45, 2.75) is 13.3 Å². The normalized spacial score (nSPS) is 10.2. The highest BCUT2D eigenvalue weighted by molar-refractivity contribution is 5.91. The first-order chi connectivity index (χ1) is 9.31. The highest BCUT2D eigenvalue weighted by Crippen LogP contribution is 2.17. The number of amides is 1. The number of carbonyl (C=O) groups excluding carboxylic acids is 1. The van der Waals surface area contributed by atoms with Gasteiger partial charge in [0.15, 0.2) is 5.76 Å². The maximum atomic E-state index is 11.6. The molecule has 0 saturated carbocycles. The van der Waals surface area contributed by atoms with Gasteiger partial charge in [0.05, 0.1) is 12.8 Å². The summed E-state index contributed by atoms with van der Waals surface area (Å²) in [5.41, 5.74) is 1.17. The van der Waals surface area contributed by atoms with Gasteiger partial charge in [0.1, 0.15) is 12.4 Å². The van der Waals surface area contributed by atoms with Gasteiger partial charge >= 0.3 is 0 Å². The van der Waals surface area contributed by atoms with Crippen LogP contribution in [0.3, 0.4) is 0 Å². The van der Waals surface area contributed by atoms with Crippen LogP contribution in [0, 0.1) is 0 Å². The number of para-hydroxylation sites is 1. The fourth-order valence-electron chi connectivity index (χ4n) is 1.76. The van der Waals surface area contributed by atoms with Gasteiger partial charge in [-0.1, -0.05) is 25.1 Å². The summed E-state index contributed by atoms with van der Waals surface area (Å²) >= 11 is 0. The molecular formula is C15H17NO3. The molecule has 0 fully saturated rings. The first kappa shape index (κ1) is 13.2. The summed E-state index contributed by atoms with van der Waals surface area (Å²) in [6.45, 7) is 2.96. The molecule has 4 nitrogen and oxygen atoms in total. The van der Waals surface area contributed by atoms with Crippen LogP contribution in [0.25, 0.3) is 0 Å². The zero-order valence-corrected chi connectivity index (χ0v) is 10.9. The lowest BCUT2D eigenvalue weighted by Crippen LogP contribution is -2.27. The lowest BCUT2D eigenvalue weighted by atomic mass is 10.1. The number of rotatable bonds is 6. The number of aryl methyl sites for hydroxylation is 1. The minimum absolute atomic E-state index is 0.225. The van der Waals surface area contributed by atoms with E-state index in [9.17, 15) is 4.79 Å². The third kappa shape index (κ3) is 3.61.